The number of fused-ring (bicyclic) bond motifs is 1. The zero-order valence-electron chi connectivity index (χ0n) is 12.5. The van der Waals surface area contributed by atoms with Gasteiger partial charge in [-0.15, -0.1) is 0 Å². The molecular weight excluding hydrogens is 318 g/mol. The van der Waals surface area contributed by atoms with E-state index in [0.29, 0.717) is 18.5 Å². The molecule has 124 valence electrons. The van der Waals surface area contributed by atoms with Crippen LogP contribution in [0.4, 0.5) is 8.78 Å². The molecule has 0 aliphatic carbocycles. The number of nitrogens with two attached hydrogens (primary N) is 1. The molecule has 0 fully saturated rings. The van der Waals surface area contributed by atoms with Crippen LogP contribution in [-0.4, -0.2) is 23.5 Å². The molecule has 1 aliphatic heterocycles. The Balaban J connectivity index is 2.29. The fourth-order valence-electron chi connectivity index (χ4n) is 3.18. The largest absolute Gasteiger partial charge is 0.479 e. The first-order valence-electron chi connectivity index (χ1n) is 7.24. The summed E-state index contributed by atoms with van der Waals surface area (Å²) >= 11 is 0. The van der Waals surface area contributed by atoms with Gasteiger partial charge in [0.25, 0.3) is 5.91 Å². The SMILES string of the molecule is NC(=O)c1c(F)cc([C@@]2(C(=O)O)NCCc3ccccc32)cc1F. The zero-order chi connectivity index (χ0) is 17.5. The molecule has 24 heavy (non-hydrogen) atoms. The maximum absolute atomic E-state index is 14.2. The van der Waals surface area contributed by atoms with Crippen LogP contribution in [0, 0.1) is 11.6 Å². The van der Waals surface area contributed by atoms with Gasteiger partial charge in [-0.2, -0.15) is 0 Å². The van der Waals surface area contributed by atoms with Crippen molar-refractivity contribution in [3.8, 4) is 0 Å². The van der Waals surface area contributed by atoms with E-state index in [1.165, 1.54) is 0 Å². The molecule has 7 heteroatoms. The Hall–Kier alpha value is -2.80. The van der Waals surface area contributed by atoms with Crippen LogP contribution in [0.15, 0.2) is 36.4 Å². The summed E-state index contributed by atoms with van der Waals surface area (Å²) in [5, 5.41) is 12.7. The molecule has 0 aromatic heterocycles. The van der Waals surface area contributed by atoms with E-state index < -0.39 is 34.6 Å². The van der Waals surface area contributed by atoms with E-state index >= 15 is 0 Å². The second-order valence-electron chi connectivity index (χ2n) is 5.57. The lowest BCUT2D eigenvalue weighted by atomic mass is 9.77. The summed E-state index contributed by atoms with van der Waals surface area (Å²) in [4.78, 5) is 23.2. The van der Waals surface area contributed by atoms with Gasteiger partial charge >= 0.3 is 5.97 Å². The summed E-state index contributed by atoms with van der Waals surface area (Å²) in [7, 11) is 0. The topological polar surface area (TPSA) is 92.4 Å². The van der Waals surface area contributed by atoms with Gasteiger partial charge in [0.2, 0.25) is 0 Å². The van der Waals surface area contributed by atoms with Crippen LogP contribution in [0.25, 0.3) is 0 Å². The van der Waals surface area contributed by atoms with Crippen molar-refractivity contribution < 1.29 is 23.5 Å². The van der Waals surface area contributed by atoms with Gasteiger partial charge in [-0.3, -0.25) is 10.1 Å². The molecule has 0 unspecified atom stereocenters. The molecule has 0 saturated heterocycles. The molecule has 1 heterocycles. The number of carbonyl (C=O) groups is 2. The van der Waals surface area contributed by atoms with E-state index in [4.69, 9.17) is 5.73 Å². The number of nitrogens with one attached hydrogen (secondary N) is 1. The number of rotatable bonds is 3. The number of carboxylic acid groups (broad SMARTS) is 1. The van der Waals surface area contributed by atoms with Crippen LogP contribution >= 0.6 is 0 Å². The molecule has 1 amide bonds. The number of hydrogen-bond acceptors (Lipinski definition) is 3. The number of benzene rings is 2. The average molecular weight is 332 g/mol. The molecule has 0 spiro atoms. The van der Waals surface area contributed by atoms with Crippen molar-refractivity contribution in [2.45, 2.75) is 12.0 Å². The Kier molecular flexibility index (Phi) is 3.81. The van der Waals surface area contributed by atoms with E-state index in [1.807, 2.05) is 0 Å². The standard InChI is InChI=1S/C17H14F2N2O3/c18-12-7-10(8-13(19)14(12)15(20)22)17(16(23)24)11-4-2-1-3-9(11)5-6-21-17/h1-4,7-8,21H,5-6H2,(H2,20,22)(H,23,24)/t17-/m1/s1. The Bertz CT molecular complexity index is 830. The third kappa shape index (κ3) is 2.25. The summed E-state index contributed by atoms with van der Waals surface area (Å²) in [6.45, 7) is 0.324. The monoisotopic (exact) mass is 332 g/mol. The highest BCUT2D eigenvalue weighted by atomic mass is 19.1. The van der Waals surface area contributed by atoms with Gasteiger partial charge in [0.15, 0.2) is 5.54 Å². The van der Waals surface area contributed by atoms with Gasteiger partial charge in [-0.25, -0.2) is 13.6 Å². The predicted octanol–water partition coefficient (Wildman–Crippen LogP) is 1.54. The molecule has 0 bridgehead atoms. The maximum Gasteiger partial charge on any atom is 0.333 e. The summed E-state index contributed by atoms with van der Waals surface area (Å²) in [5.74, 6) is -4.93. The van der Waals surface area contributed by atoms with Crippen molar-refractivity contribution >= 4 is 11.9 Å². The highest BCUT2D eigenvalue weighted by molar-refractivity contribution is 5.94. The number of carbonyl (C=O) groups excluding carboxylic acids is 1. The molecule has 4 N–H and O–H groups in total. The Labute approximate surface area is 136 Å². The fourth-order valence-corrected chi connectivity index (χ4v) is 3.18. The zero-order valence-corrected chi connectivity index (χ0v) is 12.5. The van der Waals surface area contributed by atoms with Crippen LogP contribution in [0.3, 0.4) is 0 Å². The number of carboxylic acids is 1. The third-order valence-corrected chi connectivity index (χ3v) is 4.25. The number of hydrogen-bond donors (Lipinski definition) is 3. The summed E-state index contributed by atoms with van der Waals surface area (Å²) in [6.07, 6.45) is 0.593. The van der Waals surface area contributed by atoms with Crippen molar-refractivity contribution in [2.75, 3.05) is 6.54 Å². The lowest BCUT2D eigenvalue weighted by Crippen LogP contribution is -2.54. The van der Waals surface area contributed by atoms with E-state index in [-0.39, 0.29) is 5.56 Å². The van der Waals surface area contributed by atoms with Crippen LogP contribution in [0.2, 0.25) is 0 Å². The minimum Gasteiger partial charge on any atom is -0.479 e. The molecule has 2 aromatic carbocycles. The van der Waals surface area contributed by atoms with Crippen LogP contribution < -0.4 is 11.1 Å². The van der Waals surface area contributed by atoms with Gasteiger partial charge in [-0.05, 0) is 35.2 Å². The van der Waals surface area contributed by atoms with Gasteiger partial charge < -0.3 is 10.8 Å². The quantitative estimate of drug-likeness (QED) is 0.795. The fraction of sp³-hybridized carbons (Fsp3) is 0.176. The summed E-state index contributed by atoms with van der Waals surface area (Å²) in [6, 6.07) is 8.49. The highest BCUT2D eigenvalue weighted by Gasteiger charge is 2.46. The minimum absolute atomic E-state index is 0.137. The Morgan fingerprint density at radius 3 is 2.38 bits per heavy atom. The summed E-state index contributed by atoms with van der Waals surface area (Å²) in [5.41, 5.74) is 3.33. The first-order chi connectivity index (χ1) is 11.4. The predicted molar refractivity (Wildman–Crippen MR) is 81.4 cm³/mol. The minimum atomic E-state index is -1.80. The molecule has 1 atom stereocenters. The van der Waals surface area contributed by atoms with Crippen molar-refractivity contribution in [3.05, 3.63) is 70.3 Å². The smallest absolute Gasteiger partial charge is 0.333 e. The number of aliphatic carboxylic acids is 1. The number of primary amides is 1. The molecule has 2 aromatic rings. The second kappa shape index (κ2) is 5.68. The second-order valence-corrected chi connectivity index (χ2v) is 5.57. The molecule has 3 rings (SSSR count). The van der Waals surface area contributed by atoms with E-state index in [1.54, 1.807) is 24.3 Å². The van der Waals surface area contributed by atoms with Gasteiger partial charge in [0.1, 0.15) is 17.2 Å². The highest BCUT2D eigenvalue weighted by Crippen LogP contribution is 2.36. The number of amides is 1. The molecule has 5 nitrogen and oxygen atoms in total. The normalized spacial score (nSPS) is 19.6. The Morgan fingerprint density at radius 2 is 1.79 bits per heavy atom. The van der Waals surface area contributed by atoms with Crippen molar-refractivity contribution in [3.63, 3.8) is 0 Å². The third-order valence-electron chi connectivity index (χ3n) is 4.25. The Morgan fingerprint density at radius 1 is 1.17 bits per heavy atom. The first kappa shape index (κ1) is 16.1. The van der Waals surface area contributed by atoms with E-state index in [2.05, 4.69) is 5.32 Å². The van der Waals surface area contributed by atoms with Gasteiger partial charge in [0, 0.05) is 6.54 Å². The maximum atomic E-state index is 14.2. The van der Waals surface area contributed by atoms with Crippen LogP contribution in [-0.2, 0) is 16.8 Å². The molecule has 1 aliphatic rings. The summed E-state index contributed by atoms with van der Waals surface area (Å²) < 4.78 is 28.3. The van der Waals surface area contributed by atoms with E-state index in [0.717, 1.165) is 17.7 Å². The van der Waals surface area contributed by atoms with Crippen LogP contribution in [0.1, 0.15) is 27.0 Å². The molecule has 0 radical (unpaired) electrons. The van der Waals surface area contributed by atoms with Gasteiger partial charge in [-0.1, -0.05) is 24.3 Å². The molecule has 0 saturated carbocycles. The molecular formula is C17H14F2N2O3. The van der Waals surface area contributed by atoms with Crippen molar-refractivity contribution in [2.24, 2.45) is 5.73 Å². The van der Waals surface area contributed by atoms with Gasteiger partial charge in [0.05, 0.1) is 0 Å². The van der Waals surface area contributed by atoms with E-state index in [9.17, 15) is 23.5 Å². The van der Waals surface area contributed by atoms with Crippen molar-refractivity contribution in [1.29, 1.82) is 0 Å². The average Bonchev–Trinajstić information content (AvgIpc) is 2.52. The number of halogens is 2. The van der Waals surface area contributed by atoms with Crippen molar-refractivity contribution in [1.82, 2.24) is 5.32 Å². The lowest BCUT2D eigenvalue weighted by molar-refractivity contribution is -0.143. The lowest BCUT2D eigenvalue weighted by Gasteiger charge is -2.37. The first-order valence-corrected chi connectivity index (χ1v) is 7.24. The van der Waals surface area contributed by atoms with Crippen LogP contribution in [0.5, 0.6) is 0 Å².